The van der Waals surface area contributed by atoms with Crippen LogP contribution in [0.5, 0.6) is 23.3 Å². The van der Waals surface area contributed by atoms with E-state index in [1.807, 2.05) is 13.8 Å². The van der Waals surface area contributed by atoms with Crippen LogP contribution in [0.2, 0.25) is 0 Å². The van der Waals surface area contributed by atoms with Crippen LogP contribution in [0.15, 0.2) is 24.3 Å². The summed E-state index contributed by atoms with van der Waals surface area (Å²) >= 11 is 0. The van der Waals surface area contributed by atoms with E-state index in [1.165, 1.54) is 6.07 Å². The fraction of sp³-hybridized carbons (Fsp3) is 0.353. The average molecular weight is 384 g/mol. The summed E-state index contributed by atoms with van der Waals surface area (Å²) in [5.41, 5.74) is -1.82. The molecule has 27 heavy (non-hydrogen) atoms. The van der Waals surface area contributed by atoms with Crippen molar-refractivity contribution in [2.45, 2.75) is 20.0 Å². The minimum Gasteiger partial charge on any atom is -0.486 e. The van der Waals surface area contributed by atoms with Crippen molar-refractivity contribution in [2.24, 2.45) is 5.41 Å². The fourth-order valence-electron chi connectivity index (χ4n) is 2.30. The molecule has 7 nitrogen and oxygen atoms in total. The molecule has 1 aliphatic rings. The van der Waals surface area contributed by atoms with Crippen molar-refractivity contribution >= 4 is 5.97 Å². The van der Waals surface area contributed by atoms with Crippen molar-refractivity contribution in [3.8, 4) is 23.3 Å². The van der Waals surface area contributed by atoms with Gasteiger partial charge in [-0.25, -0.2) is 4.79 Å². The Hall–Kier alpha value is -3.04. The molecule has 1 aromatic carbocycles. The first-order valence-corrected chi connectivity index (χ1v) is 7.81. The summed E-state index contributed by atoms with van der Waals surface area (Å²) in [6.07, 6.45) is -4.57. The maximum atomic E-state index is 12.8. The minimum absolute atomic E-state index is 0.116. The van der Waals surface area contributed by atoms with E-state index in [2.05, 4.69) is 10.2 Å². The Morgan fingerprint density at radius 3 is 2.59 bits per heavy atom. The van der Waals surface area contributed by atoms with E-state index in [9.17, 15) is 23.1 Å². The first-order valence-electron chi connectivity index (χ1n) is 7.81. The van der Waals surface area contributed by atoms with Crippen LogP contribution in [0, 0.1) is 5.41 Å². The lowest BCUT2D eigenvalue weighted by Crippen LogP contribution is -2.26. The molecule has 0 saturated heterocycles. The van der Waals surface area contributed by atoms with Crippen LogP contribution in [-0.2, 0) is 6.18 Å². The number of aromatic nitrogens is 2. The van der Waals surface area contributed by atoms with Crippen molar-refractivity contribution in [3.63, 3.8) is 0 Å². The molecular formula is C17H15F3N2O5. The van der Waals surface area contributed by atoms with Crippen LogP contribution < -0.4 is 14.2 Å². The third-order valence-corrected chi connectivity index (χ3v) is 3.66. The van der Waals surface area contributed by atoms with Gasteiger partial charge < -0.3 is 19.3 Å². The zero-order valence-electron chi connectivity index (χ0n) is 14.3. The Morgan fingerprint density at radius 2 is 1.93 bits per heavy atom. The molecule has 0 spiro atoms. The molecule has 0 bridgehead atoms. The number of benzene rings is 1. The third-order valence-electron chi connectivity index (χ3n) is 3.66. The van der Waals surface area contributed by atoms with Crippen LogP contribution in [0.3, 0.4) is 0 Å². The minimum atomic E-state index is -4.57. The Kier molecular flexibility index (Phi) is 4.58. The molecular weight excluding hydrogens is 369 g/mol. The third kappa shape index (κ3) is 4.04. The number of hydrogen-bond donors (Lipinski definition) is 1. The summed E-state index contributed by atoms with van der Waals surface area (Å²) < 4.78 is 54.8. The van der Waals surface area contributed by atoms with Gasteiger partial charge in [0.25, 0.3) is 11.8 Å². The van der Waals surface area contributed by atoms with Crippen LogP contribution >= 0.6 is 0 Å². The Labute approximate surface area is 151 Å². The zero-order valence-corrected chi connectivity index (χ0v) is 14.3. The van der Waals surface area contributed by atoms with Gasteiger partial charge in [-0.1, -0.05) is 19.9 Å². The van der Waals surface area contributed by atoms with Gasteiger partial charge in [0, 0.05) is 5.41 Å². The Balaban J connectivity index is 2.00. The maximum absolute atomic E-state index is 12.8. The van der Waals surface area contributed by atoms with Crippen LogP contribution in [-0.4, -0.2) is 34.5 Å². The number of aromatic carboxylic acids is 1. The normalized spacial score (nSPS) is 15.7. The van der Waals surface area contributed by atoms with Gasteiger partial charge >= 0.3 is 12.1 Å². The molecule has 0 unspecified atom stereocenters. The monoisotopic (exact) mass is 384 g/mol. The molecule has 0 atom stereocenters. The van der Waals surface area contributed by atoms with Gasteiger partial charge in [-0.05, 0) is 18.2 Å². The van der Waals surface area contributed by atoms with Gasteiger partial charge in [-0.3, -0.25) is 0 Å². The second-order valence-corrected chi connectivity index (χ2v) is 6.69. The standard InChI is InChI=1S/C17H15F3N2O5/c1-16(2)7-25-12-11(15(23)24)13(21-22-14(12)26-8-16)27-10-5-3-4-9(6-10)17(18,19)20/h3-6H,7-8H2,1-2H3,(H,23,24). The van der Waals surface area contributed by atoms with Crippen LogP contribution in [0.25, 0.3) is 0 Å². The molecule has 0 fully saturated rings. The SMILES string of the molecule is CC1(C)COc2nnc(Oc3cccc(C(F)(F)F)c3)c(C(=O)O)c2OC1. The van der Waals surface area contributed by atoms with Crippen LogP contribution in [0.4, 0.5) is 13.2 Å². The summed E-state index contributed by atoms with van der Waals surface area (Å²) in [6, 6.07) is 3.98. The van der Waals surface area contributed by atoms with Crippen molar-refractivity contribution < 1.29 is 37.3 Å². The second kappa shape index (κ2) is 6.60. The van der Waals surface area contributed by atoms with Gasteiger partial charge in [0.15, 0.2) is 5.56 Å². The molecule has 0 amide bonds. The molecule has 1 aliphatic heterocycles. The zero-order chi connectivity index (χ0) is 19.8. The molecule has 0 radical (unpaired) electrons. The maximum Gasteiger partial charge on any atom is 0.416 e. The number of carbonyl (C=O) groups is 1. The second-order valence-electron chi connectivity index (χ2n) is 6.69. The lowest BCUT2D eigenvalue weighted by atomic mass is 9.97. The van der Waals surface area contributed by atoms with Gasteiger partial charge in [0.2, 0.25) is 5.75 Å². The lowest BCUT2D eigenvalue weighted by molar-refractivity contribution is -0.137. The van der Waals surface area contributed by atoms with Crippen molar-refractivity contribution in [2.75, 3.05) is 13.2 Å². The van der Waals surface area contributed by atoms with E-state index >= 15 is 0 Å². The Morgan fingerprint density at radius 1 is 1.22 bits per heavy atom. The molecule has 2 aromatic rings. The highest BCUT2D eigenvalue weighted by molar-refractivity contribution is 5.94. The van der Waals surface area contributed by atoms with Crippen molar-refractivity contribution in [3.05, 3.63) is 35.4 Å². The first-order chi connectivity index (χ1) is 12.6. The lowest BCUT2D eigenvalue weighted by Gasteiger charge is -2.19. The van der Waals surface area contributed by atoms with Gasteiger partial charge in [0.1, 0.15) is 5.75 Å². The summed E-state index contributed by atoms with van der Waals surface area (Å²) in [4.78, 5) is 11.7. The van der Waals surface area contributed by atoms with Crippen LogP contribution in [0.1, 0.15) is 29.8 Å². The smallest absolute Gasteiger partial charge is 0.416 e. The fourth-order valence-corrected chi connectivity index (χ4v) is 2.30. The quantitative estimate of drug-likeness (QED) is 0.861. The van der Waals surface area contributed by atoms with E-state index in [0.717, 1.165) is 18.2 Å². The molecule has 2 heterocycles. The number of alkyl halides is 3. The topological polar surface area (TPSA) is 90.8 Å². The van der Waals surface area contributed by atoms with E-state index in [-0.39, 0.29) is 30.6 Å². The number of rotatable bonds is 3. The highest BCUT2D eigenvalue weighted by Gasteiger charge is 2.33. The molecule has 0 saturated carbocycles. The summed E-state index contributed by atoms with van der Waals surface area (Å²) in [7, 11) is 0. The number of fused-ring (bicyclic) bond motifs is 1. The number of hydrogen-bond acceptors (Lipinski definition) is 6. The molecule has 1 N–H and O–H groups in total. The number of carboxylic acid groups (broad SMARTS) is 1. The van der Waals surface area contributed by atoms with E-state index < -0.39 is 34.6 Å². The number of nitrogens with zero attached hydrogens (tertiary/aromatic N) is 2. The van der Waals surface area contributed by atoms with Crippen molar-refractivity contribution in [1.82, 2.24) is 10.2 Å². The average Bonchev–Trinajstić information content (AvgIpc) is 2.73. The number of ether oxygens (including phenoxy) is 3. The highest BCUT2D eigenvalue weighted by Crippen LogP contribution is 2.40. The molecule has 144 valence electrons. The van der Waals surface area contributed by atoms with Gasteiger partial charge in [0.05, 0.1) is 18.8 Å². The first kappa shape index (κ1) is 18.7. The molecule has 3 rings (SSSR count). The van der Waals surface area contributed by atoms with E-state index in [0.29, 0.717) is 0 Å². The Bertz CT molecular complexity index is 883. The van der Waals surface area contributed by atoms with Crippen molar-refractivity contribution in [1.29, 1.82) is 0 Å². The van der Waals surface area contributed by atoms with Gasteiger partial charge in [-0.15, -0.1) is 10.2 Å². The summed E-state index contributed by atoms with van der Waals surface area (Å²) in [5, 5.41) is 16.9. The largest absolute Gasteiger partial charge is 0.486 e. The number of halogens is 3. The van der Waals surface area contributed by atoms with Gasteiger partial charge in [-0.2, -0.15) is 13.2 Å². The predicted octanol–water partition coefficient (Wildman–Crippen LogP) is 3.78. The predicted molar refractivity (Wildman–Crippen MR) is 85.3 cm³/mol. The molecule has 10 heteroatoms. The molecule has 0 aliphatic carbocycles. The molecule has 1 aromatic heterocycles. The summed E-state index contributed by atoms with van der Waals surface area (Å²) in [6.45, 7) is 4.08. The highest BCUT2D eigenvalue weighted by atomic mass is 19.4. The summed E-state index contributed by atoms with van der Waals surface area (Å²) in [5.74, 6) is -2.47. The number of carboxylic acids is 1. The van der Waals surface area contributed by atoms with E-state index in [4.69, 9.17) is 14.2 Å². The van der Waals surface area contributed by atoms with E-state index in [1.54, 1.807) is 0 Å².